The number of aliphatic hydroxyl groups is 3. The minimum absolute atomic E-state index is 0.0115. The van der Waals surface area contributed by atoms with E-state index in [9.17, 15) is 44.1 Å². The number of rotatable bonds is 12. The van der Waals surface area contributed by atoms with E-state index in [0.29, 0.717) is 12.0 Å². The van der Waals surface area contributed by atoms with E-state index >= 15 is 0 Å². The van der Waals surface area contributed by atoms with Crippen molar-refractivity contribution in [3.05, 3.63) is 47.0 Å². The SMILES string of the molecule is CCCC(=O)OCC(=O)OC(CNC(=O)OC(C)(C)C)C(=O)OC1CC2(O)C(OC(=O)c3ccccc3)C34COC(CC(O)C3(C)CC(O)C(=C1C)C2(C)C)C4OC(C)=O. The van der Waals surface area contributed by atoms with Crippen LogP contribution in [0.2, 0.25) is 0 Å². The predicted octanol–water partition coefficient (Wildman–Crippen LogP) is 3.23. The Bertz CT molecular complexity index is 1860. The van der Waals surface area contributed by atoms with Crippen LogP contribution >= 0.6 is 0 Å². The van der Waals surface area contributed by atoms with E-state index in [0.717, 1.165) is 0 Å². The molecule has 332 valence electrons. The number of aliphatic hydroxyl groups excluding tert-OH is 2. The molecule has 1 amide bonds. The monoisotopic (exact) mass is 845 g/mol. The Morgan fingerprint density at radius 3 is 2.25 bits per heavy atom. The minimum atomic E-state index is -2.28. The average molecular weight is 846 g/mol. The average Bonchev–Trinajstić information content (AvgIpc) is 3.44. The van der Waals surface area contributed by atoms with Crippen LogP contribution in [0.4, 0.5) is 4.79 Å². The summed E-state index contributed by atoms with van der Waals surface area (Å²) in [4.78, 5) is 78.6. The van der Waals surface area contributed by atoms with Gasteiger partial charge in [-0.2, -0.15) is 0 Å². The lowest BCUT2D eigenvalue weighted by molar-refractivity contribution is -0.278. The molecule has 60 heavy (non-hydrogen) atoms. The summed E-state index contributed by atoms with van der Waals surface area (Å²) in [6.45, 7) is 12.7. The van der Waals surface area contributed by atoms with E-state index in [1.165, 1.54) is 19.1 Å². The van der Waals surface area contributed by atoms with Crippen molar-refractivity contribution < 1.29 is 77.2 Å². The smallest absolute Gasteiger partial charge is 0.407 e. The third-order valence-electron chi connectivity index (χ3n) is 12.6. The van der Waals surface area contributed by atoms with Gasteiger partial charge < -0.3 is 53.8 Å². The van der Waals surface area contributed by atoms with Gasteiger partial charge in [-0.1, -0.05) is 45.9 Å². The van der Waals surface area contributed by atoms with E-state index < -0.39 is 126 Å². The number of fused-ring (bicyclic) bond motifs is 3. The second kappa shape index (κ2) is 17.4. The van der Waals surface area contributed by atoms with Crippen molar-refractivity contribution in [1.29, 1.82) is 0 Å². The summed E-state index contributed by atoms with van der Waals surface area (Å²) < 4.78 is 40.3. The molecule has 4 bridgehead atoms. The van der Waals surface area contributed by atoms with E-state index in [4.69, 9.17) is 33.2 Å². The van der Waals surface area contributed by atoms with E-state index in [1.807, 2.05) is 0 Å². The molecule has 2 saturated carbocycles. The molecule has 3 aliphatic carbocycles. The van der Waals surface area contributed by atoms with E-state index in [-0.39, 0.29) is 37.0 Å². The molecule has 1 aliphatic heterocycles. The molecule has 1 spiro atoms. The second-order valence-corrected chi connectivity index (χ2v) is 18.0. The molecule has 4 N–H and O–H groups in total. The van der Waals surface area contributed by atoms with Crippen molar-refractivity contribution in [2.24, 2.45) is 16.2 Å². The van der Waals surface area contributed by atoms with Gasteiger partial charge in [-0.3, -0.25) is 9.59 Å². The Labute approximate surface area is 349 Å². The van der Waals surface area contributed by atoms with Gasteiger partial charge in [-0.15, -0.1) is 0 Å². The third kappa shape index (κ3) is 8.76. The first-order chi connectivity index (χ1) is 27.9. The number of benzene rings is 1. The first-order valence-electron chi connectivity index (χ1n) is 20.3. The first-order valence-corrected chi connectivity index (χ1v) is 20.3. The summed E-state index contributed by atoms with van der Waals surface area (Å²) in [5.74, 6) is -4.53. The van der Waals surface area contributed by atoms with Crippen LogP contribution < -0.4 is 5.32 Å². The molecule has 17 heteroatoms. The molecule has 1 heterocycles. The summed E-state index contributed by atoms with van der Waals surface area (Å²) >= 11 is 0. The molecule has 5 rings (SSSR count). The summed E-state index contributed by atoms with van der Waals surface area (Å²) in [7, 11) is 0. The van der Waals surface area contributed by atoms with Crippen molar-refractivity contribution in [2.45, 2.75) is 148 Å². The predicted molar refractivity (Wildman–Crippen MR) is 209 cm³/mol. The van der Waals surface area contributed by atoms with Gasteiger partial charge in [0.15, 0.2) is 6.61 Å². The number of hydrogen-bond acceptors (Lipinski definition) is 16. The zero-order valence-electron chi connectivity index (χ0n) is 35.7. The Morgan fingerprint density at radius 1 is 0.967 bits per heavy atom. The highest BCUT2D eigenvalue weighted by Crippen LogP contribution is 2.68. The number of ether oxygens (including phenoxy) is 7. The van der Waals surface area contributed by atoms with Crippen molar-refractivity contribution >= 4 is 35.9 Å². The first kappa shape index (κ1) is 46.5. The van der Waals surface area contributed by atoms with Gasteiger partial charge in [0.2, 0.25) is 6.10 Å². The minimum Gasteiger partial charge on any atom is -0.459 e. The molecular formula is C43H59NO16. The molecule has 4 aliphatic rings. The van der Waals surface area contributed by atoms with Gasteiger partial charge in [0, 0.05) is 37.0 Å². The van der Waals surface area contributed by atoms with Crippen LogP contribution in [0.3, 0.4) is 0 Å². The zero-order chi connectivity index (χ0) is 44.6. The highest BCUT2D eigenvalue weighted by Gasteiger charge is 2.78. The van der Waals surface area contributed by atoms with Gasteiger partial charge >= 0.3 is 35.9 Å². The standard InChI is InChI=1S/C43H59NO16/c1-10-14-31(48)54-21-32(49)57-29(20-44-38(52)60-39(4,5)6)36(51)58-28-19-43(53)37(59-35(50)25-15-12-11-13-16-25)42-22-55-27(34(42)56-24(3)45)17-30(47)41(42,9)18-26(46)33(23(28)2)40(43,7)8/h11-13,15-16,26-30,34,37,46-47,53H,10,14,17-22H2,1-9H3,(H,44,52). The topological polar surface area (TPSA) is 240 Å². The summed E-state index contributed by atoms with van der Waals surface area (Å²) in [6.07, 6.45) is -10.6. The molecule has 1 aromatic rings. The Balaban J connectivity index is 1.60. The maximum Gasteiger partial charge on any atom is 0.407 e. The lowest BCUT2D eigenvalue weighted by Gasteiger charge is -2.65. The van der Waals surface area contributed by atoms with Crippen LogP contribution in [0.15, 0.2) is 41.5 Å². The van der Waals surface area contributed by atoms with Gasteiger partial charge in [-0.05, 0) is 63.8 Å². The van der Waals surface area contributed by atoms with Crippen molar-refractivity contribution in [3.63, 3.8) is 0 Å². The number of carbonyl (C=O) groups is 6. The second-order valence-electron chi connectivity index (χ2n) is 18.0. The van der Waals surface area contributed by atoms with Gasteiger partial charge in [0.05, 0.1) is 42.4 Å². The summed E-state index contributed by atoms with van der Waals surface area (Å²) in [5.41, 5.74) is -7.10. The molecule has 17 nitrogen and oxygen atoms in total. The molecule has 1 aromatic carbocycles. The number of alkyl carbamates (subject to hydrolysis) is 1. The van der Waals surface area contributed by atoms with Gasteiger partial charge in [0.25, 0.3) is 0 Å². The normalized spacial score (nSPS) is 32.2. The molecule has 10 atom stereocenters. The number of hydrogen-bond donors (Lipinski definition) is 4. The van der Waals surface area contributed by atoms with Gasteiger partial charge in [-0.25, -0.2) is 19.2 Å². The van der Waals surface area contributed by atoms with Crippen molar-refractivity contribution in [2.75, 3.05) is 19.8 Å². The molecular weight excluding hydrogens is 786 g/mol. The Kier molecular flexibility index (Phi) is 13.5. The van der Waals surface area contributed by atoms with Crippen LogP contribution in [-0.2, 0) is 52.3 Å². The zero-order valence-corrected chi connectivity index (χ0v) is 35.7. The van der Waals surface area contributed by atoms with Crippen molar-refractivity contribution in [1.82, 2.24) is 5.32 Å². The van der Waals surface area contributed by atoms with Crippen LogP contribution in [0, 0.1) is 16.2 Å². The van der Waals surface area contributed by atoms with Gasteiger partial charge in [0.1, 0.15) is 29.5 Å². The highest BCUT2D eigenvalue weighted by molar-refractivity contribution is 5.89. The number of amides is 1. The van der Waals surface area contributed by atoms with Crippen molar-refractivity contribution in [3.8, 4) is 0 Å². The Morgan fingerprint density at radius 2 is 1.63 bits per heavy atom. The van der Waals surface area contributed by atoms with E-state index in [2.05, 4.69) is 5.32 Å². The molecule has 0 radical (unpaired) electrons. The number of carbonyl (C=O) groups excluding carboxylic acids is 6. The molecule has 1 saturated heterocycles. The fourth-order valence-electron chi connectivity index (χ4n) is 9.63. The fraction of sp³-hybridized carbons (Fsp3) is 0.674. The molecule has 10 unspecified atom stereocenters. The Hall–Kier alpha value is -4.58. The quantitative estimate of drug-likeness (QED) is 0.134. The maximum absolute atomic E-state index is 14.2. The fourth-order valence-corrected chi connectivity index (χ4v) is 9.63. The van der Waals surface area contributed by atoms with Crippen LogP contribution in [0.5, 0.6) is 0 Å². The third-order valence-corrected chi connectivity index (χ3v) is 12.6. The summed E-state index contributed by atoms with van der Waals surface area (Å²) in [5, 5.41) is 40.2. The van der Waals surface area contributed by atoms with E-state index in [1.54, 1.807) is 73.6 Å². The molecule has 3 fully saturated rings. The summed E-state index contributed by atoms with van der Waals surface area (Å²) in [6, 6.07) is 8.00. The van der Waals surface area contributed by atoms with Crippen LogP contribution in [0.25, 0.3) is 0 Å². The van der Waals surface area contributed by atoms with Crippen LogP contribution in [-0.4, -0.2) is 125 Å². The molecule has 0 aromatic heterocycles. The highest BCUT2D eigenvalue weighted by atomic mass is 16.6. The maximum atomic E-state index is 14.2. The lowest BCUT2D eigenvalue weighted by atomic mass is 9.43. The lowest BCUT2D eigenvalue weighted by Crippen LogP contribution is -2.76. The number of esters is 5. The van der Waals surface area contributed by atoms with Crippen LogP contribution in [0.1, 0.15) is 105 Å². The largest absolute Gasteiger partial charge is 0.459 e. The number of nitrogens with one attached hydrogen (secondary N) is 1.